The van der Waals surface area contributed by atoms with E-state index in [4.69, 9.17) is 4.74 Å². The Morgan fingerprint density at radius 2 is 2.30 bits per heavy atom. The molecular formula is C16H20N2O2. The molecule has 0 unspecified atom stereocenters. The molecule has 0 aliphatic carbocycles. The summed E-state index contributed by atoms with van der Waals surface area (Å²) in [6.45, 7) is 1.47. The zero-order valence-corrected chi connectivity index (χ0v) is 11.5. The Hall–Kier alpha value is -1.81. The van der Waals surface area contributed by atoms with Crippen molar-refractivity contribution in [3.63, 3.8) is 0 Å². The lowest BCUT2D eigenvalue weighted by molar-refractivity contribution is -0.121. The van der Waals surface area contributed by atoms with Crippen LogP contribution in [0.3, 0.4) is 0 Å². The average molecular weight is 272 g/mol. The predicted molar refractivity (Wildman–Crippen MR) is 78.6 cm³/mol. The van der Waals surface area contributed by atoms with Crippen LogP contribution < -0.4 is 5.32 Å². The number of fused-ring (bicyclic) bond motifs is 1. The van der Waals surface area contributed by atoms with Gasteiger partial charge in [0.05, 0.1) is 6.10 Å². The number of ether oxygens (including phenoxy) is 1. The zero-order chi connectivity index (χ0) is 13.8. The molecule has 4 heteroatoms. The van der Waals surface area contributed by atoms with E-state index in [9.17, 15) is 4.79 Å². The van der Waals surface area contributed by atoms with Gasteiger partial charge in [-0.2, -0.15) is 0 Å². The van der Waals surface area contributed by atoms with Crippen LogP contribution in [0.5, 0.6) is 0 Å². The largest absolute Gasteiger partial charge is 0.376 e. The molecule has 0 bridgehead atoms. The van der Waals surface area contributed by atoms with Crippen LogP contribution in [-0.4, -0.2) is 30.1 Å². The highest BCUT2D eigenvalue weighted by molar-refractivity contribution is 5.84. The van der Waals surface area contributed by atoms with Crippen LogP contribution in [-0.2, 0) is 16.0 Å². The smallest absolute Gasteiger partial charge is 0.220 e. The van der Waals surface area contributed by atoms with Crippen molar-refractivity contribution >= 4 is 16.8 Å². The Labute approximate surface area is 118 Å². The van der Waals surface area contributed by atoms with E-state index < -0.39 is 0 Å². The third-order valence-electron chi connectivity index (χ3n) is 3.85. The van der Waals surface area contributed by atoms with Crippen molar-refractivity contribution in [1.29, 1.82) is 0 Å². The van der Waals surface area contributed by atoms with E-state index in [1.165, 1.54) is 10.9 Å². The van der Waals surface area contributed by atoms with Gasteiger partial charge in [0.15, 0.2) is 0 Å². The Kier molecular flexibility index (Phi) is 4.02. The molecule has 1 fully saturated rings. The molecule has 3 rings (SSSR count). The van der Waals surface area contributed by atoms with E-state index in [0.29, 0.717) is 13.0 Å². The number of nitrogens with one attached hydrogen (secondary N) is 2. The SMILES string of the molecule is O=C(CCc1c[nH]c2ccccc12)NC[C@H]1CCCO1. The molecule has 1 atom stereocenters. The summed E-state index contributed by atoms with van der Waals surface area (Å²) < 4.78 is 5.49. The van der Waals surface area contributed by atoms with Gasteiger partial charge in [-0.25, -0.2) is 0 Å². The van der Waals surface area contributed by atoms with Gasteiger partial charge in [-0.05, 0) is 30.9 Å². The van der Waals surface area contributed by atoms with E-state index >= 15 is 0 Å². The van der Waals surface area contributed by atoms with Gasteiger partial charge in [0.25, 0.3) is 0 Å². The predicted octanol–water partition coefficient (Wildman–Crippen LogP) is 2.40. The first-order valence-corrected chi connectivity index (χ1v) is 7.26. The number of carbonyl (C=O) groups excluding carboxylic acids is 1. The van der Waals surface area contributed by atoms with Crippen LogP contribution in [0.25, 0.3) is 10.9 Å². The van der Waals surface area contributed by atoms with E-state index in [1.807, 2.05) is 18.3 Å². The molecule has 2 heterocycles. The highest BCUT2D eigenvalue weighted by Gasteiger charge is 2.16. The van der Waals surface area contributed by atoms with Gasteiger partial charge in [0.2, 0.25) is 5.91 Å². The average Bonchev–Trinajstić information content (AvgIpc) is 3.12. The third kappa shape index (κ3) is 3.02. The van der Waals surface area contributed by atoms with Crippen molar-refractivity contribution in [2.24, 2.45) is 0 Å². The lowest BCUT2D eigenvalue weighted by Gasteiger charge is -2.10. The maximum atomic E-state index is 11.9. The number of rotatable bonds is 5. The minimum absolute atomic E-state index is 0.103. The summed E-state index contributed by atoms with van der Waals surface area (Å²) in [7, 11) is 0. The minimum atomic E-state index is 0.103. The summed E-state index contributed by atoms with van der Waals surface area (Å²) >= 11 is 0. The van der Waals surface area contributed by atoms with Crippen molar-refractivity contribution in [2.45, 2.75) is 31.8 Å². The molecule has 1 aromatic carbocycles. The fourth-order valence-corrected chi connectivity index (χ4v) is 2.71. The van der Waals surface area contributed by atoms with Crippen LogP contribution in [0, 0.1) is 0 Å². The second-order valence-corrected chi connectivity index (χ2v) is 5.30. The summed E-state index contributed by atoms with van der Waals surface area (Å²) in [6.07, 6.45) is 5.67. The summed E-state index contributed by atoms with van der Waals surface area (Å²) in [4.78, 5) is 15.1. The topological polar surface area (TPSA) is 54.1 Å². The standard InChI is InChI=1S/C16H20N2O2/c19-16(18-11-13-4-3-9-20-13)8-7-12-10-17-15-6-2-1-5-14(12)15/h1-2,5-6,10,13,17H,3-4,7-9,11H2,(H,18,19)/t13-/m1/s1. The molecule has 4 nitrogen and oxygen atoms in total. The normalized spacial score (nSPS) is 18.5. The Bertz CT molecular complexity index is 585. The van der Waals surface area contributed by atoms with Gasteiger partial charge in [0.1, 0.15) is 0 Å². The molecule has 0 saturated carbocycles. The molecular weight excluding hydrogens is 252 g/mol. The number of hydrogen-bond donors (Lipinski definition) is 2. The Morgan fingerprint density at radius 1 is 1.40 bits per heavy atom. The van der Waals surface area contributed by atoms with Crippen molar-refractivity contribution in [1.82, 2.24) is 10.3 Å². The summed E-state index contributed by atoms with van der Waals surface area (Å²) in [5, 5.41) is 4.17. The number of aromatic nitrogens is 1. The molecule has 0 radical (unpaired) electrons. The zero-order valence-electron chi connectivity index (χ0n) is 11.5. The quantitative estimate of drug-likeness (QED) is 0.878. The lowest BCUT2D eigenvalue weighted by Crippen LogP contribution is -2.31. The van der Waals surface area contributed by atoms with E-state index in [1.54, 1.807) is 0 Å². The lowest BCUT2D eigenvalue weighted by atomic mass is 10.1. The molecule has 1 amide bonds. The number of aryl methyl sites for hydroxylation is 1. The van der Waals surface area contributed by atoms with E-state index in [2.05, 4.69) is 22.4 Å². The van der Waals surface area contributed by atoms with Crippen LogP contribution in [0.2, 0.25) is 0 Å². The van der Waals surface area contributed by atoms with Crippen molar-refractivity contribution in [3.8, 4) is 0 Å². The maximum Gasteiger partial charge on any atom is 0.220 e. The number of benzene rings is 1. The highest BCUT2D eigenvalue weighted by atomic mass is 16.5. The third-order valence-corrected chi connectivity index (χ3v) is 3.85. The summed E-state index contributed by atoms with van der Waals surface area (Å²) in [6, 6.07) is 8.18. The van der Waals surface area contributed by atoms with Gasteiger partial charge in [-0.1, -0.05) is 18.2 Å². The second kappa shape index (κ2) is 6.09. The number of para-hydroxylation sites is 1. The van der Waals surface area contributed by atoms with Crippen LogP contribution in [0.15, 0.2) is 30.5 Å². The van der Waals surface area contributed by atoms with Gasteiger partial charge in [0, 0.05) is 36.7 Å². The fraction of sp³-hybridized carbons (Fsp3) is 0.438. The van der Waals surface area contributed by atoms with Crippen molar-refractivity contribution < 1.29 is 9.53 Å². The maximum absolute atomic E-state index is 11.9. The number of H-pyrrole nitrogens is 1. The van der Waals surface area contributed by atoms with Gasteiger partial charge in [-0.3, -0.25) is 4.79 Å². The molecule has 0 spiro atoms. The first-order valence-electron chi connectivity index (χ1n) is 7.26. The number of amides is 1. The molecule has 1 saturated heterocycles. The summed E-state index contributed by atoms with van der Waals surface area (Å²) in [5.41, 5.74) is 2.33. The van der Waals surface area contributed by atoms with Crippen molar-refractivity contribution in [2.75, 3.05) is 13.2 Å². The van der Waals surface area contributed by atoms with Crippen LogP contribution >= 0.6 is 0 Å². The van der Waals surface area contributed by atoms with E-state index in [0.717, 1.165) is 31.4 Å². The van der Waals surface area contributed by atoms with Gasteiger partial charge < -0.3 is 15.0 Å². The van der Waals surface area contributed by atoms with Gasteiger partial charge in [-0.15, -0.1) is 0 Å². The second-order valence-electron chi connectivity index (χ2n) is 5.30. The molecule has 1 aliphatic rings. The fourth-order valence-electron chi connectivity index (χ4n) is 2.71. The minimum Gasteiger partial charge on any atom is -0.376 e. The van der Waals surface area contributed by atoms with Crippen molar-refractivity contribution in [3.05, 3.63) is 36.0 Å². The Balaban J connectivity index is 1.49. The number of carbonyl (C=O) groups is 1. The first-order chi connectivity index (χ1) is 9.83. The highest BCUT2D eigenvalue weighted by Crippen LogP contribution is 2.18. The molecule has 1 aliphatic heterocycles. The van der Waals surface area contributed by atoms with E-state index in [-0.39, 0.29) is 12.0 Å². The molecule has 1 aromatic heterocycles. The molecule has 2 N–H and O–H groups in total. The molecule has 106 valence electrons. The monoisotopic (exact) mass is 272 g/mol. The summed E-state index contributed by atoms with van der Waals surface area (Å²) in [5.74, 6) is 0.103. The van der Waals surface area contributed by atoms with Crippen LogP contribution in [0.1, 0.15) is 24.8 Å². The number of aromatic amines is 1. The van der Waals surface area contributed by atoms with Crippen LogP contribution in [0.4, 0.5) is 0 Å². The molecule has 2 aromatic rings. The number of hydrogen-bond acceptors (Lipinski definition) is 2. The van der Waals surface area contributed by atoms with Gasteiger partial charge >= 0.3 is 0 Å². The Morgan fingerprint density at radius 3 is 3.15 bits per heavy atom. The molecule has 20 heavy (non-hydrogen) atoms. The first kappa shape index (κ1) is 13.2.